The maximum atomic E-state index is 5.77. The summed E-state index contributed by atoms with van der Waals surface area (Å²) in [5.41, 5.74) is 4.30. The zero-order valence-corrected chi connectivity index (χ0v) is 17.8. The average molecular weight is 421 g/mol. The summed E-state index contributed by atoms with van der Waals surface area (Å²) in [6.45, 7) is 5.93. The molecule has 2 aliphatic rings. The predicted octanol–water partition coefficient (Wildman–Crippen LogP) is 4.57. The van der Waals surface area contributed by atoms with Crippen molar-refractivity contribution in [2.24, 2.45) is 0 Å². The van der Waals surface area contributed by atoms with Gasteiger partial charge in [0.15, 0.2) is 0 Å². The Bertz CT molecular complexity index is 989. The molecule has 0 saturated carbocycles. The molecule has 0 amide bonds. The molecule has 2 atom stereocenters. The van der Waals surface area contributed by atoms with Gasteiger partial charge in [-0.1, -0.05) is 13.3 Å². The summed E-state index contributed by atoms with van der Waals surface area (Å²) in [6, 6.07) is 18.5. The van der Waals surface area contributed by atoms with E-state index in [4.69, 9.17) is 24.0 Å². The first-order chi connectivity index (χ1) is 15.3. The zero-order valence-electron chi connectivity index (χ0n) is 17.8. The van der Waals surface area contributed by atoms with Crippen LogP contribution < -0.4 is 9.47 Å². The molecule has 31 heavy (non-hydrogen) atoms. The minimum absolute atomic E-state index is 0.260. The quantitative estimate of drug-likeness (QED) is 0.425. The van der Waals surface area contributed by atoms with E-state index in [9.17, 15) is 0 Å². The number of epoxide rings is 2. The van der Waals surface area contributed by atoms with Gasteiger partial charge in [-0.05, 0) is 61.0 Å². The van der Waals surface area contributed by atoms with Gasteiger partial charge in [-0.2, -0.15) is 5.10 Å². The van der Waals surface area contributed by atoms with Gasteiger partial charge >= 0.3 is 0 Å². The fourth-order valence-electron chi connectivity index (χ4n) is 3.42. The van der Waals surface area contributed by atoms with Crippen molar-refractivity contribution in [1.82, 2.24) is 9.78 Å². The number of aromatic nitrogens is 2. The fraction of sp³-hybridized carbons (Fsp3) is 0.400. The lowest BCUT2D eigenvalue weighted by Crippen LogP contribution is -2.04. The molecule has 6 nitrogen and oxygen atoms in total. The largest absolute Gasteiger partial charge is 0.491 e. The van der Waals surface area contributed by atoms with Crippen LogP contribution in [-0.4, -0.2) is 48.4 Å². The Kier molecular flexibility index (Phi) is 5.91. The number of nitrogens with zero attached hydrogens (tertiary/aromatic N) is 2. The molecule has 0 N–H and O–H groups in total. The third kappa shape index (κ3) is 5.27. The van der Waals surface area contributed by atoms with Gasteiger partial charge in [-0.15, -0.1) is 0 Å². The maximum Gasteiger partial charge on any atom is 0.119 e. The van der Waals surface area contributed by atoms with Crippen molar-refractivity contribution in [2.45, 2.75) is 38.5 Å². The van der Waals surface area contributed by atoms with Crippen LogP contribution in [0.3, 0.4) is 0 Å². The second-order valence-corrected chi connectivity index (χ2v) is 8.07. The van der Waals surface area contributed by atoms with Crippen LogP contribution in [0.1, 0.15) is 19.8 Å². The Hall–Kier alpha value is -2.83. The Labute approximate surface area is 182 Å². The molecule has 0 spiro atoms. The van der Waals surface area contributed by atoms with Gasteiger partial charge in [0.25, 0.3) is 0 Å². The summed E-state index contributed by atoms with van der Waals surface area (Å²) >= 11 is 0. The fourth-order valence-corrected chi connectivity index (χ4v) is 3.42. The zero-order chi connectivity index (χ0) is 21.0. The monoisotopic (exact) mass is 420 g/mol. The summed E-state index contributed by atoms with van der Waals surface area (Å²) < 4.78 is 24.0. The van der Waals surface area contributed by atoms with Crippen LogP contribution in [-0.2, 0) is 16.0 Å². The van der Waals surface area contributed by atoms with Crippen molar-refractivity contribution in [1.29, 1.82) is 0 Å². The van der Waals surface area contributed by atoms with Crippen molar-refractivity contribution in [2.75, 3.05) is 26.4 Å². The number of aryl methyl sites for hydroxylation is 1. The number of hydrogen-bond acceptors (Lipinski definition) is 5. The van der Waals surface area contributed by atoms with Gasteiger partial charge in [0.1, 0.15) is 36.9 Å². The second-order valence-electron chi connectivity index (χ2n) is 8.07. The molecular formula is C25H28N2O4. The molecule has 3 aromatic rings. The van der Waals surface area contributed by atoms with Crippen LogP contribution in [0.4, 0.5) is 0 Å². The van der Waals surface area contributed by atoms with E-state index in [1.165, 1.54) is 0 Å². The average Bonchev–Trinajstić information content (AvgIpc) is 3.74. The van der Waals surface area contributed by atoms with Crippen molar-refractivity contribution in [3.8, 4) is 34.0 Å². The second kappa shape index (κ2) is 9.12. The molecule has 0 aliphatic carbocycles. The van der Waals surface area contributed by atoms with Gasteiger partial charge in [-0.3, -0.25) is 4.68 Å². The minimum atomic E-state index is 0.260. The highest BCUT2D eigenvalue weighted by atomic mass is 16.6. The number of ether oxygens (including phenoxy) is 4. The number of unbranched alkanes of at least 4 members (excludes halogenated alkanes) is 1. The van der Waals surface area contributed by atoms with Crippen LogP contribution in [0.5, 0.6) is 11.5 Å². The Balaban J connectivity index is 1.33. The lowest BCUT2D eigenvalue weighted by molar-refractivity contribution is 0.263. The molecule has 5 rings (SSSR count). The van der Waals surface area contributed by atoms with E-state index in [-0.39, 0.29) is 12.2 Å². The van der Waals surface area contributed by atoms with Crippen molar-refractivity contribution in [3.05, 3.63) is 54.6 Å². The summed E-state index contributed by atoms with van der Waals surface area (Å²) in [4.78, 5) is 0. The minimum Gasteiger partial charge on any atom is -0.491 e. The molecular weight excluding hydrogens is 392 g/mol. The van der Waals surface area contributed by atoms with E-state index in [0.29, 0.717) is 13.2 Å². The van der Waals surface area contributed by atoms with Crippen molar-refractivity contribution in [3.63, 3.8) is 0 Å². The summed E-state index contributed by atoms with van der Waals surface area (Å²) in [7, 11) is 0. The molecule has 0 radical (unpaired) electrons. The number of rotatable bonds is 11. The van der Waals surface area contributed by atoms with Crippen molar-refractivity contribution < 1.29 is 18.9 Å². The Morgan fingerprint density at radius 3 is 1.94 bits per heavy atom. The van der Waals surface area contributed by atoms with E-state index in [0.717, 1.165) is 66.6 Å². The van der Waals surface area contributed by atoms with Crippen LogP contribution in [0, 0.1) is 0 Å². The third-order valence-electron chi connectivity index (χ3n) is 5.48. The molecule has 2 fully saturated rings. The summed E-state index contributed by atoms with van der Waals surface area (Å²) in [6.07, 6.45) is 2.74. The van der Waals surface area contributed by atoms with E-state index >= 15 is 0 Å². The molecule has 2 aromatic carbocycles. The third-order valence-corrected chi connectivity index (χ3v) is 5.48. The number of benzene rings is 2. The van der Waals surface area contributed by atoms with E-state index in [2.05, 4.69) is 41.9 Å². The first-order valence-corrected chi connectivity index (χ1v) is 11.1. The summed E-state index contributed by atoms with van der Waals surface area (Å²) in [5, 5.41) is 4.91. The van der Waals surface area contributed by atoms with Gasteiger partial charge < -0.3 is 18.9 Å². The standard InChI is InChI=1S/C25H28N2O4/c1-2-3-12-27-25(19-6-10-21(11-7-19)29-15-23-17-31-23)13-24(26-27)18-4-8-20(9-5-18)28-14-22-16-30-22/h4-11,13,22-23H,2-3,12,14-17H2,1H3. The lowest BCUT2D eigenvalue weighted by Gasteiger charge is -2.08. The SMILES string of the molecule is CCCCn1nc(-c2ccc(OCC3CO3)cc2)cc1-c1ccc(OCC2CO2)cc1. The van der Waals surface area contributed by atoms with Crippen LogP contribution in [0.25, 0.3) is 22.5 Å². The number of hydrogen-bond donors (Lipinski definition) is 0. The van der Waals surface area contributed by atoms with E-state index < -0.39 is 0 Å². The van der Waals surface area contributed by atoms with Gasteiger partial charge in [0.2, 0.25) is 0 Å². The molecule has 162 valence electrons. The predicted molar refractivity (Wildman–Crippen MR) is 118 cm³/mol. The first kappa shape index (κ1) is 20.1. The van der Waals surface area contributed by atoms with Crippen LogP contribution >= 0.6 is 0 Å². The maximum absolute atomic E-state index is 5.77. The van der Waals surface area contributed by atoms with Gasteiger partial charge in [0.05, 0.1) is 24.6 Å². The van der Waals surface area contributed by atoms with Crippen molar-refractivity contribution >= 4 is 0 Å². The van der Waals surface area contributed by atoms with Crippen LogP contribution in [0.2, 0.25) is 0 Å². The lowest BCUT2D eigenvalue weighted by atomic mass is 10.1. The topological polar surface area (TPSA) is 61.3 Å². The van der Waals surface area contributed by atoms with Gasteiger partial charge in [-0.25, -0.2) is 0 Å². The molecule has 0 bridgehead atoms. The van der Waals surface area contributed by atoms with Gasteiger partial charge in [0, 0.05) is 17.7 Å². The first-order valence-electron chi connectivity index (χ1n) is 11.1. The Morgan fingerprint density at radius 1 is 0.871 bits per heavy atom. The highest BCUT2D eigenvalue weighted by Gasteiger charge is 2.23. The highest BCUT2D eigenvalue weighted by Crippen LogP contribution is 2.29. The van der Waals surface area contributed by atoms with Crippen LogP contribution in [0.15, 0.2) is 54.6 Å². The molecule has 1 aromatic heterocycles. The molecule has 2 aliphatic heterocycles. The van der Waals surface area contributed by atoms with E-state index in [1.54, 1.807) is 0 Å². The molecule has 6 heteroatoms. The highest BCUT2D eigenvalue weighted by molar-refractivity contribution is 5.69. The molecule has 3 heterocycles. The normalized spacial score (nSPS) is 19.3. The Morgan fingerprint density at radius 2 is 1.42 bits per heavy atom. The smallest absolute Gasteiger partial charge is 0.119 e. The molecule has 2 unspecified atom stereocenters. The summed E-state index contributed by atoms with van der Waals surface area (Å²) in [5.74, 6) is 1.73. The molecule has 2 saturated heterocycles. The van der Waals surface area contributed by atoms with E-state index in [1.807, 2.05) is 24.3 Å².